The van der Waals surface area contributed by atoms with Crippen LogP contribution in [0.5, 0.6) is 5.75 Å². The predicted molar refractivity (Wildman–Crippen MR) is 112 cm³/mol. The number of sulfonamides is 1. The molecule has 1 amide bonds. The van der Waals surface area contributed by atoms with E-state index in [2.05, 4.69) is 0 Å². The van der Waals surface area contributed by atoms with Crippen molar-refractivity contribution in [1.82, 2.24) is 4.90 Å². The Morgan fingerprint density at radius 3 is 2.39 bits per heavy atom. The highest BCUT2D eigenvalue weighted by molar-refractivity contribution is 7.92. The van der Waals surface area contributed by atoms with E-state index in [9.17, 15) is 13.2 Å². The summed E-state index contributed by atoms with van der Waals surface area (Å²) in [4.78, 5) is 14.0. The highest BCUT2D eigenvalue weighted by Gasteiger charge is 2.18. The Labute approximate surface area is 171 Å². The summed E-state index contributed by atoms with van der Waals surface area (Å²) in [6, 6.07) is 14.2. The lowest BCUT2D eigenvalue weighted by molar-refractivity contribution is -0.130. The molecule has 28 heavy (non-hydrogen) atoms. The maximum absolute atomic E-state index is 12.4. The third-order valence-corrected chi connectivity index (χ3v) is 5.68. The third kappa shape index (κ3) is 6.42. The summed E-state index contributed by atoms with van der Waals surface area (Å²) >= 11 is 5.97. The van der Waals surface area contributed by atoms with Gasteiger partial charge in [-0.15, -0.1) is 0 Å². The Kier molecular flexibility index (Phi) is 7.71. The number of methoxy groups -OCH3 is 1. The second kappa shape index (κ2) is 9.80. The molecule has 8 heteroatoms. The average molecular weight is 425 g/mol. The predicted octanol–water partition coefficient (Wildman–Crippen LogP) is 3.55. The van der Waals surface area contributed by atoms with E-state index in [0.29, 0.717) is 23.7 Å². The second-order valence-corrected chi connectivity index (χ2v) is 8.86. The zero-order chi connectivity index (χ0) is 20.7. The number of rotatable bonds is 9. The summed E-state index contributed by atoms with van der Waals surface area (Å²) in [5.41, 5.74) is 1.49. The van der Waals surface area contributed by atoms with E-state index in [1.807, 2.05) is 24.3 Å². The maximum Gasteiger partial charge on any atom is 0.232 e. The molecule has 152 valence electrons. The first kappa shape index (κ1) is 22.0. The van der Waals surface area contributed by atoms with Crippen LogP contribution in [0.15, 0.2) is 48.5 Å². The zero-order valence-electron chi connectivity index (χ0n) is 16.3. The van der Waals surface area contributed by atoms with Crippen molar-refractivity contribution in [1.29, 1.82) is 0 Å². The number of hydrogen-bond donors (Lipinski definition) is 0. The van der Waals surface area contributed by atoms with E-state index in [0.717, 1.165) is 17.6 Å². The molecule has 0 aromatic heterocycles. The molecule has 6 nitrogen and oxygen atoms in total. The van der Waals surface area contributed by atoms with Gasteiger partial charge in [0.05, 0.1) is 19.1 Å². The minimum atomic E-state index is -3.47. The molecule has 0 saturated heterocycles. The number of amides is 1. The molecule has 0 saturated carbocycles. The van der Waals surface area contributed by atoms with Crippen molar-refractivity contribution < 1.29 is 17.9 Å². The van der Waals surface area contributed by atoms with Crippen LogP contribution in [0.3, 0.4) is 0 Å². The van der Waals surface area contributed by atoms with E-state index >= 15 is 0 Å². The van der Waals surface area contributed by atoms with Crippen LogP contribution in [0.25, 0.3) is 0 Å². The molecule has 0 bridgehead atoms. The zero-order valence-corrected chi connectivity index (χ0v) is 17.8. The third-order valence-electron chi connectivity index (χ3n) is 4.25. The number of carbonyl (C=O) groups excluding carboxylic acids is 1. The Balaban J connectivity index is 1.92. The Morgan fingerprint density at radius 1 is 1.14 bits per heavy atom. The maximum atomic E-state index is 12.4. The van der Waals surface area contributed by atoms with Crippen LogP contribution in [-0.4, -0.2) is 46.2 Å². The molecule has 0 fully saturated rings. The largest absolute Gasteiger partial charge is 0.497 e. The number of anilines is 1. The molecule has 2 aromatic rings. The van der Waals surface area contributed by atoms with Crippen molar-refractivity contribution in [2.24, 2.45) is 0 Å². The summed E-state index contributed by atoms with van der Waals surface area (Å²) in [7, 11) is -0.131. The summed E-state index contributed by atoms with van der Waals surface area (Å²) in [5.74, 6) is 0.718. The van der Waals surface area contributed by atoms with Gasteiger partial charge in [-0.25, -0.2) is 8.42 Å². The van der Waals surface area contributed by atoms with E-state index in [-0.39, 0.29) is 18.9 Å². The van der Waals surface area contributed by atoms with Gasteiger partial charge in [0, 0.05) is 31.6 Å². The molecule has 2 aromatic carbocycles. The SMILES string of the molecule is COc1ccc(CN(C)C(=O)CCCN(c2cccc(Cl)c2)S(C)(=O)=O)cc1. The highest BCUT2D eigenvalue weighted by atomic mass is 35.5. The summed E-state index contributed by atoms with van der Waals surface area (Å²) < 4.78 is 30.6. The molecule has 0 aliphatic heterocycles. The van der Waals surface area contributed by atoms with Gasteiger partial charge in [-0.1, -0.05) is 29.8 Å². The Morgan fingerprint density at radius 2 is 1.82 bits per heavy atom. The van der Waals surface area contributed by atoms with Crippen molar-refractivity contribution in [2.75, 3.05) is 31.3 Å². The van der Waals surface area contributed by atoms with E-state index in [1.165, 1.54) is 4.31 Å². The summed E-state index contributed by atoms with van der Waals surface area (Å²) in [5, 5.41) is 0.460. The number of nitrogens with zero attached hydrogens (tertiary/aromatic N) is 2. The molecular formula is C20H25ClN2O4S. The summed E-state index contributed by atoms with van der Waals surface area (Å²) in [6.07, 6.45) is 1.80. The van der Waals surface area contributed by atoms with Crippen LogP contribution < -0.4 is 9.04 Å². The van der Waals surface area contributed by atoms with Crippen LogP contribution >= 0.6 is 11.6 Å². The molecule has 0 aliphatic carbocycles. The van der Waals surface area contributed by atoms with Crippen molar-refractivity contribution in [3.63, 3.8) is 0 Å². The first-order valence-corrected chi connectivity index (χ1v) is 11.0. The van der Waals surface area contributed by atoms with Crippen LogP contribution in [0.2, 0.25) is 5.02 Å². The van der Waals surface area contributed by atoms with Crippen LogP contribution in [0, 0.1) is 0 Å². The fraction of sp³-hybridized carbons (Fsp3) is 0.350. The average Bonchev–Trinajstić information content (AvgIpc) is 2.64. The molecule has 0 unspecified atom stereocenters. The highest BCUT2D eigenvalue weighted by Crippen LogP contribution is 2.22. The molecular weight excluding hydrogens is 400 g/mol. The molecule has 2 rings (SSSR count). The molecule has 0 radical (unpaired) electrons. The van der Waals surface area contributed by atoms with Crippen molar-refractivity contribution >= 4 is 33.2 Å². The molecule has 0 spiro atoms. The minimum absolute atomic E-state index is 0.0460. The number of ether oxygens (including phenoxy) is 1. The van der Waals surface area contributed by atoms with Gasteiger partial charge < -0.3 is 9.64 Å². The first-order chi connectivity index (χ1) is 13.2. The fourth-order valence-corrected chi connectivity index (χ4v) is 3.92. The topological polar surface area (TPSA) is 66.9 Å². The lowest BCUT2D eigenvalue weighted by Crippen LogP contribution is -2.32. The summed E-state index contributed by atoms with van der Waals surface area (Å²) in [6.45, 7) is 0.689. The van der Waals surface area contributed by atoms with Gasteiger partial charge >= 0.3 is 0 Å². The van der Waals surface area contributed by atoms with Gasteiger partial charge in [-0.2, -0.15) is 0 Å². The molecule has 0 N–H and O–H groups in total. The normalized spacial score (nSPS) is 11.1. The van der Waals surface area contributed by atoms with Gasteiger partial charge in [0.15, 0.2) is 0 Å². The number of halogens is 1. The number of benzene rings is 2. The quantitative estimate of drug-likeness (QED) is 0.617. The standard InChI is InChI=1S/C20H25ClN2O4S/c1-22(15-16-9-11-19(27-2)12-10-16)20(24)8-5-13-23(28(3,25)26)18-7-4-6-17(21)14-18/h4,6-7,9-12,14H,5,8,13,15H2,1-3H3. The van der Waals surface area contributed by atoms with Crippen LogP contribution in [-0.2, 0) is 21.4 Å². The van der Waals surface area contributed by atoms with Gasteiger partial charge in [0.1, 0.15) is 5.75 Å². The van der Waals surface area contributed by atoms with Crippen molar-refractivity contribution in [3.05, 3.63) is 59.1 Å². The number of hydrogen-bond acceptors (Lipinski definition) is 4. The number of carbonyl (C=O) groups is 1. The smallest absolute Gasteiger partial charge is 0.232 e. The first-order valence-electron chi connectivity index (χ1n) is 8.81. The van der Waals surface area contributed by atoms with Gasteiger partial charge in [0.25, 0.3) is 0 Å². The van der Waals surface area contributed by atoms with Gasteiger partial charge in [-0.05, 0) is 42.3 Å². The second-order valence-electron chi connectivity index (χ2n) is 6.52. The van der Waals surface area contributed by atoms with E-state index in [1.54, 1.807) is 43.3 Å². The van der Waals surface area contributed by atoms with E-state index in [4.69, 9.17) is 16.3 Å². The fourth-order valence-electron chi connectivity index (χ4n) is 2.78. The lowest BCUT2D eigenvalue weighted by atomic mass is 10.2. The van der Waals surface area contributed by atoms with Crippen LogP contribution in [0.4, 0.5) is 5.69 Å². The minimum Gasteiger partial charge on any atom is -0.497 e. The Hall–Kier alpha value is -2.25. The van der Waals surface area contributed by atoms with E-state index < -0.39 is 10.0 Å². The van der Waals surface area contributed by atoms with Gasteiger partial charge in [0.2, 0.25) is 15.9 Å². The van der Waals surface area contributed by atoms with Crippen molar-refractivity contribution in [3.8, 4) is 5.75 Å². The lowest BCUT2D eigenvalue weighted by Gasteiger charge is -2.23. The Bertz CT molecular complexity index is 901. The van der Waals surface area contributed by atoms with Crippen LogP contribution in [0.1, 0.15) is 18.4 Å². The monoisotopic (exact) mass is 424 g/mol. The van der Waals surface area contributed by atoms with Crippen molar-refractivity contribution in [2.45, 2.75) is 19.4 Å². The molecule has 0 heterocycles. The van der Waals surface area contributed by atoms with Gasteiger partial charge in [-0.3, -0.25) is 9.10 Å². The molecule has 0 atom stereocenters. The molecule has 0 aliphatic rings.